The maximum atomic E-state index is 12.7. The van der Waals surface area contributed by atoms with Crippen LogP contribution in [0.4, 0.5) is 0 Å². The van der Waals surface area contributed by atoms with Crippen LogP contribution in [0.25, 0.3) is 0 Å². The summed E-state index contributed by atoms with van der Waals surface area (Å²) in [4.78, 5) is 53.3. The molecule has 7 nitrogen and oxygen atoms in total. The van der Waals surface area contributed by atoms with Crippen molar-refractivity contribution in [2.24, 2.45) is 5.92 Å². The minimum Gasteiger partial charge on any atom is -0.349 e. The molecule has 4 rings (SSSR count). The van der Waals surface area contributed by atoms with Crippen molar-refractivity contribution >= 4 is 23.6 Å². The molecule has 0 aromatic heterocycles. The van der Waals surface area contributed by atoms with Gasteiger partial charge in [-0.05, 0) is 64.7 Å². The Bertz CT molecular complexity index is 890. The van der Waals surface area contributed by atoms with Crippen LogP contribution >= 0.6 is 0 Å². The molecule has 154 valence electrons. The SMILES string of the molecule is CC(C)(C)N1C(=O)c2ccc(C(=O)NC3CCN(C(=O)C4CC4)CC3)cc2C1=O. The smallest absolute Gasteiger partial charge is 0.262 e. The Kier molecular flexibility index (Phi) is 4.71. The first-order valence-electron chi connectivity index (χ1n) is 10.3. The fourth-order valence-electron chi connectivity index (χ4n) is 4.09. The van der Waals surface area contributed by atoms with Crippen molar-refractivity contribution in [3.63, 3.8) is 0 Å². The maximum Gasteiger partial charge on any atom is 0.262 e. The lowest BCUT2D eigenvalue weighted by atomic mass is 10.0. The molecule has 29 heavy (non-hydrogen) atoms. The predicted octanol–water partition coefficient (Wildman–Crippen LogP) is 2.21. The van der Waals surface area contributed by atoms with E-state index in [-0.39, 0.29) is 41.2 Å². The maximum absolute atomic E-state index is 12.7. The van der Waals surface area contributed by atoms with Gasteiger partial charge in [-0.1, -0.05) is 0 Å². The van der Waals surface area contributed by atoms with Gasteiger partial charge < -0.3 is 10.2 Å². The number of nitrogens with one attached hydrogen (secondary N) is 1. The van der Waals surface area contributed by atoms with Crippen LogP contribution in [0, 0.1) is 5.92 Å². The van der Waals surface area contributed by atoms with Crippen molar-refractivity contribution in [1.29, 1.82) is 0 Å². The highest BCUT2D eigenvalue weighted by atomic mass is 16.2. The molecule has 1 aromatic rings. The standard InChI is InChI=1S/C22H27N3O4/c1-22(2,3)25-20(28)16-7-6-14(12-17(16)21(25)29)18(26)23-15-8-10-24(11-9-15)19(27)13-4-5-13/h6-7,12-13,15H,4-5,8-11H2,1-3H3,(H,23,26). The van der Waals surface area contributed by atoms with Gasteiger partial charge in [0, 0.05) is 36.2 Å². The van der Waals surface area contributed by atoms with Crippen LogP contribution < -0.4 is 5.32 Å². The van der Waals surface area contributed by atoms with Gasteiger partial charge in [0.05, 0.1) is 11.1 Å². The van der Waals surface area contributed by atoms with Gasteiger partial charge in [0.25, 0.3) is 17.7 Å². The molecule has 0 bridgehead atoms. The van der Waals surface area contributed by atoms with Crippen LogP contribution in [0.15, 0.2) is 18.2 Å². The van der Waals surface area contributed by atoms with Crippen LogP contribution in [0.3, 0.4) is 0 Å². The molecule has 1 saturated carbocycles. The normalized spacial score (nSPS) is 20.1. The van der Waals surface area contributed by atoms with E-state index in [9.17, 15) is 19.2 Å². The number of benzene rings is 1. The molecule has 7 heteroatoms. The summed E-state index contributed by atoms with van der Waals surface area (Å²) in [5.41, 5.74) is 0.370. The lowest BCUT2D eigenvalue weighted by Crippen LogP contribution is -2.47. The number of hydrogen-bond donors (Lipinski definition) is 1. The molecule has 4 amide bonds. The fourth-order valence-corrected chi connectivity index (χ4v) is 4.09. The monoisotopic (exact) mass is 397 g/mol. The van der Waals surface area contributed by atoms with E-state index in [1.165, 1.54) is 11.0 Å². The second kappa shape index (κ2) is 6.97. The first-order chi connectivity index (χ1) is 13.7. The van der Waals surface area contributed by atoms with E-state index in [0.29, 0.717) is 24.2 Å². The Hall–Kier alpha value is -2.70. The molecule has 2 heterocycles. The Morgan fingerprint density at radius 2 is 1.59 bits per heavy atom. The third-order valence-corrected chi connectivity index (χ3v) is 5.89. The summed E-state index contributed by atoms with van der Waals surface area (Å²) < 4.78 is 0. The molecule has 1 saturated heterocycles. The summed E-state index contributed by atoms with van der Waals surface area (Å²) in [6.45, 7) is 6.75. The number of imide groups is 1. The Morgan fingerprint density at radius 3 is 2.17 bits per heavy atom. The highest BCUT2D eigenvalue weighted by Crippen LogP contribution is 2.32. The molecule has 1 aliphatic carbocycles. The van der Waals surface area contributed by atoms with Crippen LogP contribution in [0.1, 0.15) is 77.5 Å². The van der Waals surface area contributed by atoms with Crippen LogP contribution in [0.2, 0.25) is 0 Å². The molecule has 0 unspecified atom stereocenters. The Labute approximate surface area is 170 Å². The molecular formula is C22H27N3O4. The predicted molar refractivity (Wildman–Crippen MR) is 106 cm³/mol. The lowest BCUT2D eigenvalue weighted by Gasteiger charge is -2.32. The number of fused-ring (bicyclic) bond motifs is 1. The van der Waals surface area contributed by atoms with Gasteiger partial charge in [-0.15, -0.1) is 0 Å². The molecular weight excluding hydrogens is 370 g/mol. The fraction of sp³-hybridized carbons (Fsp3) is 0.545. The minimum absolute atomic E-state index is 0.00224. The third-order valence-electron chi connectivity index (χ3n) is 5.89. The zero-order chi connectivity index (χ0) is 20.9. The molecule has 2 aliphatic heterocycles. The first kappa shape index (κ1) is 19.6. The van der Waals surface area contributed by atoms with Gasteiger partial charge in [-0.2, -0.15) is 0 Å². The zero-order valence-electron chi connectivity index (χ0n) is 17.2. The number of hydrogen-bond acceptors (Lipinski definition) is 4. The van der Waals surface area contributed by atoms with E-state index < -0.39 is 5.54 Å². The number of carbonyl (C=O) groups is 4. The van der Waals surface area contributed by atoms with Crippen LogP contribution in [-0.2, 0) is 4.79 Å². The summed E-state index contributed by atoms with van der Waals surface area (Å²) >= 11 is 0. The van der Waals surface area contributed by atoms with Crippen molar-refractivity contribution in [3.8, 4) is 0 Å². The molecule has 0 radical (unpaired) electrons. The number of nitrogens with zero attached hydrogens (tertiary/aromatic N) is 2. The highest BCUT2D eigenvalue weighted by Gasteiger charge is 2.42. The average molecular weight is 397 g/mol. The van der Waals surface area contributed by atoms with Crippen LogP contribution in [0.5, 0.6) is 0 Å². The van der Waals surface area contributed by atoms with E-state index >= 15 is 0 Å². The van der Waals surface area contributed by atoms with Gasteiger partial charge in [-0.25, -0.2) is 0 Å². The molecule has 1 aromatic carbocycles. The van der Waals surface area contributed by atoms with Gasteiger partial charge in [0.1, 0.15) is 0 Å². The Balaban J connectivity index is 1.41. The molecule has 3 aliphatic rings. The van der Waals surface area contributed by atoms with E-state index in [4.69, 9.17) is 0 Å². The van der Waals surface area contributed by atoms with Crippen molar-refractivity contribution in [2.45, 2.75) is 58.0 Å². The number of likely N-dealkylation sites (tertiary alicyclic amines) is 1. The summed E-state index contributed by atoms with van der Waals surface area (Å²) in [7, 11) is 0. The third kappa shape index (κ3) is 3.66. The Morgan fingerprint density at radius 1 is 0.966 bits per heavy atom. The van der Waals surface area contributed by atoms with Crippen molar-refractivity contribution in [2.75, 3.05) is 13.1 Å². The van der Waals surface area contributed by atoms with Gasteiger partial charge in [-0.3, -0.25) is 24.1 Å². The van der Waals surface area contributed by atoms with Crippen molar-refractivity contribution in [3.05, 3.63) is 34.9 Å². The quantitative estimate of drug-likeness (QED) is 0.793. The van der Waals surface area contributed by atoms with Gasteiger partial charge in [0.15, 0.2) is 0 Å². The molecule has 0 spiro atoms. The molecule has 1 N–H and O–H groups in total. The summed E-state index contributed by atoms with van der Waals surface area (Å²) in [6, 6.07) is 4.68. The van der Waals surface area contributed by atoms with E-state index in [0.717, 1.165) is 25.7 Å². The highest BCUT2D eigenvalue weighted by molar-refractivity contribution is 6.22. The van der Waals surface area contributed by atoms with E-state index in [2.05, 4.69) is 5.32 Å². The number of rotatable bonds is 3. The molecule has 0 atom stereocenters. The van der Waals surface area contributed by atoms with E-state index in [1.54, 1.807) is 12.1 Å². The van der Waals surface area contributed by atoms with Crippen molar-refractivity contribution in [1.82, 2.24) is 15.1 Å². The number of amides is 4. The number of carbonyl (C=O) groups excluding carboxylic acids is 4. The minimum atomic E-state index is -0.624. The summed E-state index contributed by atoms with van der Waals surface area (Å²) in [6.07, 6.45) is 3.46. The van der Waals surface area contributed by atoms with Gasteiger partial charge >= 0.3 is 0 Å². The number of piperidine rings is 1. The summed E-state index contributed by atoms with van der Waals surface area (Å²) in [5.74, 6) is -0.467. The summed E-state index contributed by atoms with van der Waals surface area (Å²) in [5, 5.41) is 3.01. The van der Waals surface area contributed by atoms with E-state index in [1.807, 2.05) is 25.7 Å². The second-order valence-electron chi connectivity index (χ2n) is 9.22. The second-order valence-corrected chi connectivity index (χ2v) is 9.22. The topological polar surface area (TPSA) is 86.8 Å². The first-order valence-corrected chi connectivity index (χ1v) is 10.3. The van der Waals surface area contributed by atoms with Crippen molar-refractivity contribution < 1.29 is 19.2 Å². The zero-order valence-corrected chi connectivity index (χ0v) is 17.2. The lowest BCUT2D eigenvalue weighted by molar-refractivity contribution is -0.133. The van der Waals surface area contributed by atoms with Crippen LogP contribution in [-0.4, -0.2) is 58.1 Å². The molecule has 2 fully saturated rings. The van der Waals surface area contributed by atoms with Gasteiger partial charge in [0.2, 0.25) is 5.91 Å². The average Bonchev–Trinajstić information content (AvgIpc) is 3.48. The largest absolute Gasteiger partial charge is 0.349 e.